The number of carbonyl (C=O) groups excluding carboxylic acids is 1. The van der Waals surface area contributed by atoms with Gasteiger partial charge < -0.3 is 5.32 Å². The molecule has 2 aromatic carbocycles. The highest BCUT2D eigenvalue weighted by atomic mass is 16.1. The molecule has 0 radical (unpaired) electrons. The summed E-state index contributed by atoms with van der Waals surface area (Å²) >= 11 is 0. The molecule has 0 aliphatic carbocycles. The third-order valence-electron chi connectivity index (χ3n) is 2.78. The van der Waals surface area contributed by atoms with E-state index in [1.807, 2.05) is 42.5 Å². The van der Waals surface area contributed by atoms with Gasteiger partial charge in [-0.1, -0.05) is 43.3 Å². The van der Waals surface area contributed by atoms with Crippen LogP contribution >= 0.6 is 0 Å². The molecule has 2 nitrogen and oxygen atoms in total. The molecule has 2 aromatic rings. The molecule has 0 aliphatic heterocycles. The first-order valence-corrected chi connectivity index (χ1v) is 6.24. The van der Waals surface area contributed by atoms with E-state index in [-0.39, 0.29) is 5.78 Å². The average Bonchev–Trinajstić information content (AvgIpc) is 2.43. The summed E-state index contributed by atoms with van der Waals surface area (Å²) in [7, 11) is 0. The number of rotatable bonds is 5. The quantitative estimate of drug-likeness (QED) is 0.491. The first-order chi connectivity index (χ1) is 8.81. The summed E-state index contributed by atoms with van der Waals surface area (Å²) in [5, 5.41) is 5.32. The molecular weight excluding hydrogens is 222 g/mol. The molecule has 92 valence electrons. The molecule has 0 bridgehead atoms. The molecule has 0 atom stereocenters. The summed E-state index contributed by atoms with van der Waals surface area (Å²) in [5.74, 6) is 0.0318. The topological polar surface area (TPSA) is 29.1 Å². The number of hydrogen-bond donors (Lipinski definition) is 1. The number of allylic oxidation sites excluding steroid dienone is 1. The van der Waals surface area contributed by atoms with Crippen LogP contribution in [0.4, 0.5) is 0 Å². The summed E-state index contributed by atoms with van der Waals surface area (Å²) in [5.41, 5.74) is 0.725. The van der Waals surface area contributed by atoms with Gasteiger partial charge in [-0.3, -0.25) is 4.79 Å². The highest BCUT2D eigenvalue weighted by Gasteiger charge is 2.02. The van der Waals surface area contributed by atoms with E-state index in [4.69, 9.17) is 0 Å². The number of nitrogens with one attached hydrogen (secondary N) is 1. The molecule has 0 spiro atoms. The predicted molar refractivity (Wildman–Crippen MR) is 75.7 cm³/mol. The van der Waals surface area contributed by atoms with Crippen molar-refractivity contribution in [2.45, 2.75) is 13.3 Å². The number of benzene rings is 2. The van der Waals surface area contributed by atoms with E-state index in [0.29, 0.717) is 0 Å². The molecule has 0 unspecified atom stereocenters. The Morgan fingerprint density at radius 3 is 2.72 bits per heavy atom. The van der Waals surface area contributed by atoms with Gasteiger partial charge in [-0.05, 0) is 23.3 Å². The SMILES string of the molecule is CCCN/C=C/C(=O)c1ccc2ccccc2c1. The van der Waals surface area contributed by atoms with Crippen LogP contribution in [0.1, 0.15) is 23.7 Å². The minimum atomic E-state index is 0.0318. The molecule has 0 amide bonds. The zero-order chi connectivity index (χ0) is 12.8. The molecule has 2 heteroatoms. The zero-order valence-corrected chi connectivity index (χ0v) is 10.5. The third kappa shape index (κ3) is 2.98. The van der Waals surface area contributed by atoms with Crippen LogP contribution < -0.4 is 5.32 Å². The van der Waals surface area contributed by atoms with Gasteiger partial charge in [0.15, 0.2) is 5.78 Å². The van der Waals surface area contributed by atoms with Gasteiger partial charge in [0.1, 0.15) is 0 Å². The second-order valence-corrected chi connectivity index (χ2v) is 4.21. The van der Waals surface area contributed by atoms with Gasteiger partial charge in [-0.25, -0.2) is 0 Å². The first kappa shape index (κ1) is 12.4. The van der Waals surface area contributed by atoms with Crippen LogP contribution in [0, 0.1) is 0 Å². The lowest BCUT2D eigenvalue weighted by molar-refractivity contribution is 0.104. The van der Waals surface area contributed by atoms with Crippen LogP contribution in [0.15, 0.2) is 54.7 Å². The van der Waals surface area contributed by atoms with Crippen molar-refractivity contribution in [1.82, 2.24) is 5.32 Å². The molecule has 0 heterocycles. The molecule has 18 heavy (non-hydrogen) atoms. The smallest absolute Gasteiger partial charge is 0.187 e. The Morgan fingerprint density at radius 2 is 1.94 bits per heavy atom. The van der Waals surface area contributed by atoms with E-state index in [1.165, 1.54) is 0 Å². The Labute approximate surface area is 107 Å². The molecule has 0 aromatic heterocycles. The fourth-order valence-corrected chi connectivity index (χ4v) is 1.80. The van der Waals surface area contributed by atoms with Crippen molar-refractivity contribution in [3.63, 3.8) is 0 Å². The van der Waals surface area contributed by atoms with Gasteiger partial charge in [0, 0.05) is 24.4 Å². The lowest BCUT2D eigenvalue weighted by Crippen LogP contribution is -2.06. The van der Waals surface area contributed by atoms with Crippen molar-refractivity contribution >= 4 is 16.6 Å². The second kappa shape index (κ2) is 6.01. The molecule has 2 rings (SSSR count). The zero-order valence-electron chi connectivity index (χ0n) is 10.5. The fourth-order valence-electron chi connectivity index (χ4n) is 1.80. The van der Waals surface area contributed by atoms with Crippen molar-refractivity contribution in [3.05, 3.63) is 60.3 Å². The monoisotopic (exact) mass is 239 g/mol. The van der Waals surface area contributed by atoms with Crippen LogP contribution in [0.3, 0.4) is 0 Å². The van der Waals surface area contributed by atoms with Crippen LogP contribution in [0.5, 0.6) is 0 Å². The minimum Gasteiger partial charge on any atom is -0.391 e. The average molecular weight is 239 g/mol. The Bertz CT molecular complexity index is 572. The van der Waals surface area contributed by atoms with Crippen molar-refractivity contribution < 1.29 is 4.79 Å². The highest BCUT2D eigenvalue weighted by molar-refractivity contribution is 6.06. The van der Waals surface area contributed by atoms with Gasteiger partial charge >= 0.3 is 0 Å². The van der Waals surface area contributed by atoms with Crippen molar-refractivity contribution in [3.8, 4) is 0 Å². The Kier molecular flexibility index (Phi) is 4.13. The Hall–Kier alpha value is -2.09. The lowest BCUT2D eigenvalue weighted by Gasteiger charge is -2.00. The lowest BCUT2D eigenvalue weighted by atomic mass is 10.0. The Balaban J connectivity index is 2.15. The Morgan fingerprint density at radius 1 is 1.17 bits per heavy atom. The largest absolute Gasteiger partial charge is 0.391 e. The number of carbonyl (C=O) groups is 1. The number of hydrogen-bond acceptors (Lipinski definition) is 2. The number of ketones is 1. The summed E-state index contributed by atoms with van der Waals surface area (Å²) in [4.78, 5) is 11.9. The van der Waals surface area contributed by atoms with Gasteiger partial charge in [0.2, 0.25) is 0 Å². The first-order valence-electron chi connectivity index (χ1n) is 6.24. The van der Waals surface area contributed by atoms with Gasteiger partial charge in [0.05, 0.1) is 0 Å². The molecule has 0 saturated heterocycles. The maximum Gasteiger partial charge on any atom is 0.187 e. The van der Waals surface area contributed by atoms with Crippen LogP contribution in [0.2, 0.25) is 0 Å². The standard InChI is InChI=1S/C16H17NO/c1-2-10-17-11-9-16(18)15-8-7-13-5-3-4-6-14(13)12-15/h3-9,11-12,17H,2,10H2,1H3/b11-9+. The molecular formula is C16H17NO. The highest BCUT2D eigenvalue weighted by Crippen LogP contribution is 2.16. The molecule has 0 aliphatic rings. The second-order valence-electron chi connectivity index (χ2n) is 4.21. The van der Waals surface area contributed by atoms with Crippen molar-refractivity contribution in [1.29, 1.82) is 0 Å². The van der Waals surface area contributed by atoms with Crippen molar-refractivity contribution in [2.75, 3.05) is 6.54 Å². The van der Waals surface area contributed by atoms with Crippen LogP contribution in [0.25, 0.3) is 10.8 Å². The molecule has 1 N–H and O–H groups in total. The van der Waals surface area contributed by atoms with E-state index in [2.05, 4.69) is 12.2 Å². The van der Waals surface area contributed by atoms with Gasteiger partial charge in [-0.15, -0.1) is 0 Å². The van der Waals surface area contributed by atoms with E-state index in [0.717, 1.165) is 29.3 Å². The summed E-state index contributed by atoms with van der Waals surface area (Å²) < 4.78 is 0. The van der Waals surface area contributed by atoms with Crippen LogP contribution in [-0.2, 0) is 0 Å². The minimum absolute atomic E-state index is 0.0318. The number of fused-ring (bicyclic) bond motifs is 1. The third-order valence-corrected chi connectivity index (χ3v) is 2.78. The van der Waals surface area contributed by atoms with Crippen molar-refractivity contribution in [2.24, 2.45) is 0 Å². The normalized spacial score (nSPS) is 10.9. The van der Waals surface area contributed by atoms with Crippen LogP contribution in [-0.4, -0.2) is 12.3 Å². The van der Waals surface area contributed by atoms with E-state index >= 15 is 0 Å². The van der Waals surface area contributed by atoms with Gasteiger partial charge in [-0.2, -0.15) is 0 Å². The molecule has 0 fully saturated rings. The van der Waals surface area contributed by atoms with E-state index < -0.39 is 0 Å². The van der Waals surface area contributed by atoms with E-state index in [1.54, 1.807) is 12.3 Å². The van der Waals surface area contributed by atoms with Gasteiger partial charge in [0.25, 0.3) is 0 Å². The maximum absolute atomic E-state index is 11.9. The molecule has 0 saturated carbocycles. The summed E-state index contributed by atoms with van der Waals surface area (Å²) in [6, 6.07) is 13.8. The van der Waals surface area contributed by atoms with E-state index in [9.17, 15) is 4.79 Å². The summed E-state index contributed by atoms with van der Waals surface area (Å²) in [6.07, 6.45) is 4.36. The maximum atomic E-state index is 11.9. The fraction of sp³-hybridized carbons (Fsp3) is 0.188. The predicted octanol–water partition coefficient (Wildman–Crippen LogP) is 3.54. The summed E-state index contributed by atoms with van der Waals surface area (Å²) in [6.45, 7) is 2.98.